The first-order chi connectivity index (χ1) is 14.7. The third kappa shape index (κ3) is 4.01. The van der Waals surface area contributed by atoms with E-state index in [0.717, 1.165) is 41.8 Å². The van der Waals surface area contributed by atoms with Crippen LogP contribution in [-0.2, 0) is 6.42 Å². The number of hydrogen-bond donors (Lipinski definition) is 0. The topological polar surface area (TPSA) is 73.6 Å². The lowest BCUT2D eigenvalue weighted by atomic mass is 9.99. The summed E-state index contributed by atoms with van der Waals surface area (Å²) in [6, 6.07) is 17.2. The molecule has 0 spiro atoms. The van der Waals surface area contributed by atoms with Crippen molar-refractivity contribution in [2.24, 2.45) is 0 Å². The SMILES string of the molecule is CCCCc1cc(-c2ccc(OC)cc2)c(C#N)c(Oc2ccc3c(c2)OCO3)n1. The van der Waals surface area contributed by atoms with Crippen LogP contribution < -0.4 is 18.9 Å². The molecule has 6 heteroatoms. The molecule has 0 radical (unpaired) electrons. The summed E-state index contributed by atoms with van der Waals surface area (Å²) in [6.45, 7) is 2.33. The number of pyridine rings is 1. The van der Waals surface area contributed by atoms with Crippen LogP contribution in [0.15, 0.2) is 48.5 Å². The van der Waals surface area contributed by atoms with Gasteiger partial charge in [-0.3, -0.25) is 0 Å². The summed E-state index contributed by atoms with van der Waals surface area (Å²) in [5, 5.41) is 9.92. The van der Waals surface area contributed by atoms with Crippen LogP contribution in [0.3, 0.4) is 0 Å². The second kappa shape index (κ2) is 8.75. The molecule has 152 valence electrons. The van der Waals surface area contributed by atoms with Crippen molar-refractivity contribution < 1.29 is 18.9 Å². The molecule has 30 heavy (non-hydrogen) atoms. The van der Waals surface area contributed by atoms with Gasteiger partial charge in [0.1, 0.15) is 23.1 Å². The molecule has 0 aliphatic carbocycles. The highest BCUT2D eigenvalue weighted by Gasteiger charge is 2.19. The van der Waals surface area contributed by atoms with Gasteiger partial charge in [0.25, 0.3) is 0 Å². The summed E-state index contributed by atoms with van der Waals surface area (Å²) >= 11 is 0. The molecule has 0 unspecified atom stereocenters. The van der Waals surface area contributed by atoms with Crippen molar-refractivity contribution in [3.8, 4) is 46.1 Å². The average molecular weight is 402 g/mol. The minimum atomic E-state index is 0.189. The zero-order valence-corrected chi connectivity index (χ0v) is 17.0. The van der Waals surface area contributed by atoms with Crippen molar-refractivity contribution >= 4 is 0 Å². The summed E-state index contributed by atoms with van der Waals surface area (Å²) in [5.41, 5.74) is 2.97. The van der Waals surface area contributed by atoms with Crippen LogP contribution in [-0.4, -0.2) is 18.9 Å². The number of ether oxygens (including phenoxy) is 4. The van der Waals surface area contributed by atoms with E-state index in [9.17, 15) is 5.26 Å². The number of fused-ring (bicyclic) bond motifs is 1. The van der Waals surface area contributed by atoms with E-state index in [4.69, 9.17) is 18.9 Å². The minimum Gasteiger partial charge on any atom is -0.497 e. The van der Waals surface area contributed by atoms with Gasteiger partial charge in [-0.05, 0) is 48.7 Å². The Bertz CT molecular complexity index is 1090. The Balaban J connectivity index is 1.76. The monoisotopic (exact) mass is 402 g/mol. The van der Waals surface area contributed by atoms with Gasteiger partial charge in [0, 0.05) is 17.3 Å². The van der Waals surface area contributed by atoms with Gasteiger partial charge in [-0.25, -0.2) is 4.98 Å². The molecule has 3 aromatic rings. The number of hydrogen-bond acceptors (Lipinski definition) is 6. The third-order valence-corrected chi connectivity index (χ3v) is 4.90. The highest BCUT2D eigenvalue weighted by molar-refractivity contribution is 5.73. The maximum Gasteiger partial charge on any atom is 0.238 e. The van der Waals surface area contributed by atoms with Crippen molar-refractivity contribution in [3.05, 3.63) is 59.8 Å². The van der Waals surface area contributed by atoms with Crippen LogP contribution >= 0.6 is 0 Å². The van der Waals surface area contributed by atoms with E-state index in [2.05, 4.69) is 18.0 Å². The molecule has 4 rings (SSSR count). The van der Waals surface area contributed by atoms with Crippen molar-refractivity contribution in [2.75, 3.05) is 13.9 Å². The molecule has 0 amide bonds. The molecule has 0 fully saturated rings. The first-order valence-corrected chi connectivity index (χ1v) is 9.87. The summed E-state index contributed by atoms with van der Waals surface area (Å²) in [7, 11) is 1.63. The number of aryl methyl sites for hydroxylation is 1. The minimum absolute atomic E-state index is 0.189. The summed E-state index contributed by atoms with van der Waals surface area (Å²) < 4.78 is 22.1. The molecule has 2 aromatic carbocycles. The Morgan fingerprint density at radius 1 is 1.03 bits per heavy atom. The van der Waals surface area contributed by atoms with Gasteiger partial charge in [0.2, 0.25) is 12.7 Å². The molecule has 1 aliphatic heterocycles. The zero-order valence-electron chi connectivity index (χ0n) is 17.0. The van der Waals surface area contributed by atoms with E-state index in [-0.39, 0.29) is 12.7 Å². The Labute approximate surface area is 175 Å². The average Bonchev–Trinajstić information content (AvgIpc) is 3.25. The van der Waals surface area contributed by atoms with E-state index < -0.39 is 0 Å². The van der Waals surface area contributed by atoms with Crippen LogP contribution in [0.1, 0.15) is 31.0 Å². The molecule has 0 atom stereocenters. The zero-order chi connectivity index (χ0) is 20.9. The molecule has 2 heterocycles. The predicted octanol–water partition coefficient (Wildman–Crippen LogP) is 5.49. The summed E-state index contributed by atoms with van der Waals surface area (Å²) in [5.74, 6) is 2.87. The Morgan fingerprint density at radius 3 is 2.53 bits per heavy atom. The maximum absolute atomic E-state index is 9.92. The molecule has 1 aromatic heterocycles. The van der Waals surface area contributed by atoms with Crippen molar-refractivity contribution in [3.63, 3.8) is 0 Å². The second-order valence-corrected chi connectivity index (χ2v) is 6.90. The Kier molecular flexibility index (Phi) is 5.71. The summed E-state index contributed by atoms with van der Waals surface area (Å²) in [4.78, 5) is 4.65. The standard InChI is InChI=1S/C24H22N2O4/c1-3-4-5-17-12-20(16-6-8-18(27-2)9-7-16)21(14-25)24(26-17)30-19-10-11-22-23(13-19)29-15-28-22/h6-13H,3-5,15H2,1-2H3. The molecule has 1 aliphatic rings. The fourth-order valence-electron chi connectivity index (χ4n) is 3.29. The maximum atomic E-state index is 9.92. The van der Waals surface area contributed by atoms with Crippen LogP contribution in [0.2, 0.25) is 0 Å². The Morgan fingerprint density at radius 2 is 1.80 bits per heavy atom. The van der Waals surface area contributed by atoms with Crippen molar-refractivity contribution in [1.29, 1.82) is 5.26 Å². The molecular formula is C24H22N2O4. The molecule has 0 N–H and O–H groups in total. The van der Waals surface area contributed by atoms with Gasteiger partial charge in [-0.2, -0.15) is 5.26 Å². The van der Waals surface area contributed by atoms with E-state index in [1.54, 1.807) is 25.3 Å². The van der Waals surface area contributed by atoms with E-state index in [0.29, 0.717) is 22.8 Å². The first-order valence-electron chi connectivity index (χ1n) is 9.87. The number of nitrogens with zero attached hydrogens (tertiary/aromatic N) is 2. The lowest BCUT2D eigenvalue weighted by Crippen LogP contribution is -2.00. The number of methoxy groups -OCH3 is 1. The molecular weight excluding hydrogens is 380 g/mol. The van der Waals surface area contributed by atoms with E-state index in [1.165, 1.54) is 0 Å². The van der Waals surface area contributed by atoms with Gasteiger partial charge in [-0.1, -0.05) is 25.5 Å². The largest absolute Gasteiger partial charge is 0.497 e. The number of nitriles is 1. The fraction of sp³-hybridized carbons (Fsp3) is 0.250. The fourth-order valence-corrected chi connectivity index (χ4v) is 3.29. The first kappa shape index (κ1) is 19.6. The lowest BCUT2D eigenvalue weighted by Gasteiger charge is -2.14. The lowest BCUT2D eigenvalue weighted by molar-refractivity contribution is 0.174. The van der Waals surface area contributed by atoms with E-state index >= 15 is 0 Å². The van der Waals surface area contributed by atoms with E-state index in [1.807, 2.05) is 30.3 Å². The molecule has 0 saturated carbocycles. The van der Waals surface area contributed by atoms with Crippen LogP contribution in [0, 0.1) is 11.3 Å². The van der Waals surface area contributed by atoms with Gasteiger partial charge in [0.05, 0.1) is 7.11 Å². The summed E-state index contributed by atoms with van der Waals surface area (Å²) in [6.07, 6.45) is 2.87. The normalized spacial score (nSPS) is 11.8. The number of rotatable bonds is 7. The number of unbranched alkanes of at least 4 members (excludes halogenated alkanes) is 1. The van der Waals surface area contributed by atoms with Gasteiger partial charge in [0.15, 0.2) is 11.5 Å². The van der Waals surface area contributed by atoms with Gasteiger partial charge in [-0.15, -0.1) is 0 Å². The highest BCUT2D eigenvalue weighted by Crippen LogP contribution is 2.38. The number of aromatic nitrogens is 1. The molecule has 0 bridgehead atoms. The predicted molar refractivity (Wildman–Crippen MR) is 112 cm³/mol. The van der Waals surface area contributed by atoms with Crippen LogP contribution in [0.5, 0.6) is 28.9 Å². The molecule has 6 nitrogen and oxygen atoms in total. The highest BCUT2D eigenvalue weighted by atomic mass is 16.7. The van der Waals surface area contributed by atoms with Crippen LogP contribution in [0.25, 0.3) is 11.1 Å². The Hall–Kier alpha value is -3.72. The smallest absolute Gasteiger partial charge is 0.238 e. The molecule has 0 saturated heterocycles. The van der Waals surface area contributed by atoms with Crippen molar-refractivity contribution in [1.82, 2.24) is 4.98 Å². The van der Waals surface area contributed by atoms with Gasteiger partial charge >= 0.3 is 0 Å². The second-order valence-electron chi connectivity index (χ2n) is 6.90. The van der Waals surface area contributed by atoms with Gasteiger partial charge < -0.3 is 18.9 Å². The number of benzene rings is 2. The van der Waals surface area contributed by atoms with Crippen molar-refractivity contribution in [2.45, 2.75) is 26.2 Å². The third-order valence-electron chi connectivity index (χ3n) is 4.90. The quantitative estimate of drug-likeness (QED) is 0.520. The van der Waals surface area contributed by atoms with Crippen LogP contribution in [0.4, 0.5) is 0 Å².